The third kappa shape index (κ3) is 4.35. The van der Waals surface area contributed by atoms with Crippen LogP contribution in [0.2, 0.25) is 0 Å². The van der Waals surface area contributed by atoms with E-state index in [1.54, 1.807) is 28.0 Å². The van der Waals surface area contributed by atoms with Gasteiger partial charge in [-0.2, -0.15) is 0 Å². The number of hydrogen-bond donors (Lipinski definition) is 0. The van der Waals surface area contributed by atoms with Crippen molar-refractivity contribution >= 4 is 11.8 Å². The van der Waals surface area contributed by atoms with Crippen LogP contribution in [-0.2, 0) is 4.79 Å². The number of rotatable bonds is 4. The molecular weight excluding hydrogens is 384 g/mol. The molecule has 4 rings (SSSR count). The van der Waals surface area contributed by atoms with E-state index in [0.717, 1.165) is 23.3 Å². The van der Waals surface area contributed by atoms with Crippen molar-refractivity contribution in [2.75, 3.05) is 39.6 Å². The topological polar surface area (TPSA) is 68.3 Å². The van der Waals surface area contributed by atoms with Crippen LogP contribution in [-0.4, -0.2) is 61.2 Å². The highest BCUT2D eigenvalue weighted by Gasteiger charge is 2.24. The van der Waals surface area contributed by atoms with Crippen LogP contribution in [0.25, 0.3) is 0 Å². The lowest BCUT2D eigenvalue weighted by Crippen LogP contribution is -2.39. The molecule has 0 saturated carbocycles. The largest absolute Gasteiger partial charge is 0.484 e. The minimum atomic E-state index is -0.0626. The molecule has 0 aliphatic carbocycles. The van der Waals surface area contributed by atoms with Gasteiger partial charge in [-0.3, -0.25) is 9.59 Å². The smallest absolute Gasteiger partial charge is 0.260 e. The van der Waals surface area contributed by atoms with E-state index in [2.05, 4.69) is 0 Å². The number of amides is 2. The molecule has 0 N–H and O–H groups in total. The van der Waals surface area contributed by atoms with Gasteiger partial charge in [-0.15, -0.1) is 0 Å². The maximum atomic E-state index is 12.9. The first-order chi connectivity index (χ1) is 14.5. The van der Waals surface area contributed by atoms with Crippen LogP contribution in [0.1, 0.15) is 27.9 Å². The molecule has 158 valence electrons. The molecule has 0 aromatic heterocycles. The Hall–Kier alpha value is -3.22. The molecule has 7 heteroatoms. The summed E-state index contributed by atoms with van der Waals surface area (Å²) in [6, 6.07) is 11.1. The van der Waals surface area contributed by atoms with Crippen molar-refractivity contribution < 1.29 is 23.8 Å². The van der Waals surface area contributed by atoms with E-state index in [1.165, 1.54) is 0 Å². The summed E-state index contributed by atoms with van der Waals surface area (Å²) in [6.07, 6.45) is 0.728. The van der Waals surface area contributed by atoms with Gasteiger partial charge in [0.1, 0.15) is 5.75 Å². The predicted molar refractivity (Wildman–Crippen MR) is 111 cm³/mol. The van der Waals surface area contributed by atoms with E-state index in [-0.39, 0.29) is 25.2 Å². The normalized spacial score (nSPS) is 15.7. The first kappa shape index (κ1) is 20.1. The first-order valence-electron chi connectivity index (χ1n) is 10.2. The Kier molecular flexibility index (Phi) is 5.79. The molecule has 30 heavy (non-hydrogen) atoms. The first-order valence-corrected chi connectivity index (χ1v) is 10.2. The number of aryl methyl sites for hydroxylation is 2. The lowest BCUT2D eigenvalue weighted by molar-refractivity contribution is -0.133. The van der Waals surface area contributed by atoms with Crippen LogP contribution < -0.4 is 14.2 Å². The number of hydrogen-bond acceptors (Lipinski definition) is 5. The van der Waals surface area contributed by atoms with Crippen LogP contribution >= 0.6 is 0 Å². The predicted octanol–water partition coefficient (Wildman–Crippen LogP) is 2.79. The van der Waals surface area contributed by atoms with Crippen LogP contribution in [0.15, 0.2) is 36.4 Å². The molecule has 2 aromatic carbocycles. The highest BCUT2D eigenvalue weighted by atomic mass is 16.7. The van der Waals surface area contributed by atoms with E-state index in [0.29, 0.717) is 43.2 Å². The van der Waals surface area contributed by atoms with Crippen molar-refractivity contribution in [3.05, 3.63) is 53.1 Å². The van der Waals surface area contributed by atoms with Crippen molar-refractivity contribution in [2.45, 2.75) is 20.3 Å². The van der Waals surface area contributed by atoms with E-state index in [1.807, 2.05) is 32.0 Å². The monoisotopic (exact) mass is 410 g/mol. The lowest BCUT2D eigenvalue weighted by Gasteiger charge is -2.22. The minimum absolute atomic E-state index is 0.00000828. The molecule has 2 amide bonds. The fraction of sp³-hybridized carbons (Fsp3) is 0.391. The standard InChI is InChI=1S/C23H26N2O5/c1-16-4-6-19(17(2)12-16)28-14-22(26)24-8-3-9-25(11-10-24)23(27)18-5-7-20-21(13-18)30-15-29-20/h4-7,12-13H,3,8-11,14-15H2,1-2H3. The van der Waals surface area contributed by atoms with Crippen molar-refractivity contribution in [2.24, 2.45) is 0 Å². The van der Waals surface area contributed by atoms with Gasteiger partial charge in [0.2, 0.25) is 6.79 Å². The molecule has 1 saturated heterocycles. The summed E-state index contributed by atoms with van der Waals surface area (Å²) < 4.78 is 16.4. The van der Waals surface area contributed by atoms with Gasteiger partial charge in [0.15, 0.2) is 18.1 Å². The summed E-state index contributed by atoms with van der Waals surface area (Å²) in [5.74, 6) is 1.85. The van der Waals surface area contributed by atoms with Gasteiger partial charge in [0.25, 0.3) is 11.8 Å². The maximum Gasteiger partial charge on any atom is 0.260 e. The molecule has 7 nitrogen and oxygen atoms in total. The maximum absolute atomic E-state index is 12.9. The quantitative estimate of drug-likeness (QED) is 0.775. The Morgan fingerprint density at radius 3 is 2.53 bits per heavy atom. The third-order valence-corrected chi connectivity index (χ3v) is 5.44. The van der Waals surface area contributed by atoms with Gasteiger partial charge in [-0.1, -0.05) is 17.7 Å². The molecular formula is C23H26N2O5. The molecule has 0 unspecified atom stereocenters. The number of carbonyl (C=O) groups excluding carboxylic acids is 2. The Morgan fingerprint density at radius 2 is 1.70 bits per heavy atom. The summed E-state index contributed by atoms with van der Waals surface area (Å²) in [5.41, 5.74) is 2.74. The zero-order valence-corrected chi connectivity index (χ0v) is 17.3. The van der Waals surface area contributed by atoms with E-state index in [4.69, 9.17) is 14.2 Å². The number of carbonyl (C=O) groups is 2. The van der Waals surface area contributed by atoms with Gasteiger partial charge in [-0.05, 0) is 50.1 Å². The second kappa shape index (κ2) is 8.65. The molecule has 2 aliphatic heterocycles. The number of ether oxygens (including phenoxy) is 3. The fourth-order valence-electron chi connectivity index (χ4n) is 3.77. The molecule has 0 spiro atoms. The van der Waals surface area contributed by atoms with Crippen LogP contribution in [0.3, 0.4) is 0 Å². The Labute approximate surface area is 176 Å². The molecule has 1 fully saturated rings. The third-order valence-electron chi connectivity index (χ3n) is 5.44. The summed E-state index contributed by atoms with van der Waals surface area (Å²) in [4.78, 5) is 29.1. The van der Waals surface area contributed by atoms with Crippen molar-refractivity contribution in [1.82, 2.24) is 9.80 Å². The highest BCUT2D eigenvalue weighted by Crippen LogP contribution is 2.32. The number of fused-ring (bicyclic) bond motifs is 1. The second-order valence-electron chi connectivity index (χ2n) is 7.65. The molecule has 2 heterocycles. The fourth-order valence-corrected chi connectivity index (χ4v) is 3.77. The zero-order valence-electron chi connectivity index (χ0n) is 17.3. The number of benzene rings is 2. The molecule has 0 bridgehead atoms. The summed E-state index contributed by atoms with van der Waals surface area (Å²) in [7, 11) is 0. The zero-order chi connectivity index (χ0) is 21.1. The van der Waals surface area contributed by atoms with E-state index >= 15 is 0 Å². The van der Waals surface area contributed by atoms with Crippen molar-refractivity contribution in [3.63, 3.8) is 0 Å². The summed E-state index contributed by atoms with van der Waals surface area (Å²) in [5, 5.41) is 0. The SMILES string of the molecule is Cc1ccc(OCC(=O)N2CCCN(C(=O)c3ccc4c(c3)OCO4)CC2)c(C)c1. The van der Waals surface area contributed by atoms with Crippen molar-refractivity contribution in [3.8, 4) is 17.2 Å². The lowest BCUT2D eigenvalue weighted by atomic mass is 10.1. The van der Waals surface area contributed by atoms with Crippen molar-refractivity contribution in [1.29, 1.82) is 0 Å². The van der Waals surface area contributed by atoms with Crippen LogP contribution in [0.5, 0.6) is 17.2 Å². The van der Waals surface area contributed by atoms with Gasteiger partial charge < -0.3 is 24.0 Å². The molecule has 0 atom stereocenters. The van der Waals surface area contributed by atoms with E-state index in [9.17, 15) is 9.59 Å². The average molecular weight is 410 g/mol. The van der Waals surface area contributed by atoms with Gasteiger partial charge in [0.05, 0.1) is 0 Å². The number of nitrogens with zero attached hydrogens (tertiary/aromatic N) is 2. The molecule has 2 aliphatic rings. The average Bonchev–Trinajstić information content (AvgIpc) is 3.07. The molecule has 0 radical (unpaired) electrons. The Bertz CT molecular complexity index is 959. The Balaban J connectivity index is 1.33. The highest BCUT2D eigenvalue weighted by molar-refractivity contribution is 5.95. The van der Waals surface area contributed by atoms with Gasteiger partial charge >= 0.3 is 0 Å². The summed E-state index contributed by atoms with van der Waals surface area (Å²) >= 11 is 0. The van der Waals surface area contributed by atoms with Crippen LogP contribution in [0, 0.1) is 13.8 Å². The van der Waals surface area contributed by atoms with E-state index < -0.39 is 0 Å². The summed E-state index contributed by atoms with van der Waals surface area (Å²) in [6.45, 7) is 6.37. The van der Waals surface area contributed by atoms with Gasteiger partial charge in [0, 0.05) is 31.7 Å². The Morgan fingerprint density at radius 1 is 0.933 bits per heavy atom. The molecule has 2 aromatic rings. The minimum Gasteiger partial charge on any atom is -0.484 e. The second-order valence-corrected chi connectivity index (χ2v) is 7.65. The van der Waals surface area contributed by atoms with Gasteiger partial charge in [-0.25, -0.2) is 0 Å². The van der Waals surface area contributed by atoms with Crippen LogP contribution in [0.4, 0.5) is 0 Å².